The lowest BCUT2D eigenvalue weighted by molar-refractivity contribution is -0.153. The number of carbonyl (C=O) groups is 1. The Morgan fingerprint density at radius 1 is 1.63 bits per heavy atom. The number of methoxy groups -OCH3 is 1. The fourth-order valence-electron chi connectivity index (χ4n) is 2.85. The standard InChI is InChI=1S/C13H21N3O3/c1-3-16-11(5-7-14-16)9-15-8-4-6-13(15,10-19-2)12(17)18/h5,7H,3-4,6,8-10H2,1-2H3,(H,17,18). The van der Waals surface area contributed by atoms with Gasteiger partial charge in [0.25, 0.3) is 0 Å². The van der Waals surface area contributed by atoms with Gasteiger partial charge in [0.1, 0.15) is 5.54 Å². The van der Waals surface area contributed by atoms with Crippen molar-refractivity contribution < 1.29 is 14.6 Å². The number of aryl methyl sites for hydroxylation is 1. The van der Waals surface area contributed by atoms with E-state index in [4.69, 9.17) is 4.74 Å². The van der Waals surface area contributed by atoms with Gasteiger partial charge in [-0.2, -0.15) is 5.10 Å². The Labute approximate surface area is 113 Å². The molecule has 2 rings (SSSR count). The van der Waals surface area contributed by atoms with Crippen molar-refractivity contribution in [1.82, 2.24) is 14.7 Å². The molecule has 0 aromatic carbocycles. The van der Waals surface area contributed by atoms with Crippen molar-refractivity contribution in [3.8, 4) is 0 Å². The van der Waals surface area contributed by atoms with Gasteiger partial charge in [0, 0.05) is 26.4 Å². The van der Waals surface area contributed by atoms with Gasteiger partial charge in [-0.3, -0.25) is 14.4 Å². The number of aromatic nitrogens is 2. The second-order valence-corrected chi connectivity index (χ2v) is 4.93. The van der Waals surface area contributed by atoms with Crippen LogP contribution in [0.25, 0.3) is 0 Å². The summed E-state index contributed by atoms with van der Waals surface area (Å²) in [5.41, 5.74) is 0.156. The molecule has 0 saturated carbocycles. The van der Waals surface area contributed by atoms with Gasteiger partial charge in [0.2, 0.25) is 0 Å². The van der Waals surface area contributed by atoms with E-state index in [1.807, 2.05) is 22.6 Å². The molecule has 19 heavy (non-hydrogen) atoms. The van der Waals surface area contributed by atoms with Gasteiger partial charge in [-0.25, -0.2) is 0 Å². The van der Waals surface area contributed by atoms with Gasteiger partial charge in [-0.15, -0.1) is 0 Å². The summed E-state index contributed by atoms with van der Waals surface area (Å²) in [4.78, 5) is 13.7. The Hall–Kier alpha value is -1.40. The molecule has 1 fully saturated rings. The lowest BCUT2D eigenvalue weighted by Crippen LogP contribution is -2.53. The molecule has 106 valence electrons. The largest absolute Gasteiger partial charge is 0.480 e. The molecule has 0 amide bonds. The highest BCUT2D eigenvalue weighted by atomic mass is 16.5. The zero-order valence-corrected chi connectivity index (χ0v) is 11.5. The molecule has 6 nitrogen and oxygen atoms in total. The van der Waals surface area contributed by atoms with E-state index in [0.29, 0.717) is 13.0 Å². The van der Waals surface area contributed by atoms with Gasteiger partial charge in [0.05, 0.1) is 12.3 Å². The van der Waals surface area contributed by atoms with Crippen LogP contribution in [0.3, 0.4) is 0 Å². The predicted molar refractivity (Wildman–Crippen MR) is 69.8 cm³/mol. The Morgan fingerprint density at radius 2 is 2.42 bits per heavy atom. The number of rotatable bonds is 6. The maximum atomic E-state index is 11.7. The Balaban J connectivity index is 2.20. The number of aliphatic carboxylic acids is 1. The van der Waals surface area contributed by atoms with Crippen molar-refractivity contribution in [2.45, 2.75) is 38.4 Å². The van der Waals surface area contributed by atoms with Crippen LogP contribution < -0.4 is 0 Å². The zero-order valence-electron chi connectivity index (χ0n) is 11.5. The minimum absolute atomic E-state index is 0.225. The Kier molecular flexibility index (Phi) is 4.21. The average molecular weight is 267 g/mol. The van der Waals surface area contributed by atoms with E-state index in [2.05, 4.69) is 5.10 Å². The first kappa shape index (κ1) is 14.0. The van der Waals surface area contributed by atoms with Crippen molar-refractivity contribution in [3.05, 3.63) is 18.0 Å². The average Bonchev–Trinajstić information content (AvgIpc) is 2.98. The number of carboxylic acid groups (broad SMARTS) is 1. The maximum Gasteiger partial charge on any atom is 0.326 e. The second-order valence-electron chi connectivity index (χ2n) is 4.93. The van der Waals surface area contributed by atoms with E-state index in [1.165, 1.54) is 0 Å². The van der Waals surface area contributed by atoms with Crippen LogP contribution in [-0.2, 0) is 22.6 Å². The molecule has 1 unspecified atom stereocenters. The molecule has 0 spiro atoms. The fraction of sp³-hybridized carbons (Fsp3) is 0.692. The van der Waals surface area contributed by atoms with Crippen molar-refractivity contribution in [2.75, 3.05) is 20.3 Å². The number of ether oxygens (including phenoxy) is 1. The molecular weight excluding hydrogens is 246 g/mol. The predicted octanol–water partition coefficient (Wildman–Crippen LogP) is 0.969. The number of hydrogen-bond donors (Lipinski definition) is 1. The molecule has 1 saturated heterocycles. The summed E-state index contributed by atoms with van der Waals surface area (Å²) >= 11 is 0. The molecule has 0 bridgehead atoms. The van der Waals surface area contributed by atoms with E-state index in [0.717, 1.165) is 25.2 Å². The highest BCUT2D eigenvalue weighted by molar-refractivity contribution is 5.79. The minimum Gasteiger partial charge on any atom is -0.480 e. The van der Waals surface area contributed by atoms with Crippen LogP contribution in [0, 0.1) is 0 Å². The summed E-state index contributed by atoms with van der Waals surface area (Å²) in [6, 6.07) is 1.95. The molecule has 1 aliphatic rings. The SMILES string of the molecule is CCn1nccc1CN1CCCC1(COC)C(=O)O. The van der Waals surface area contributed by atoms with Crippen molar-refractivity contribution in [3.63, 3.8) is 0 Å². The molecule has 1 aromatic rings. The lowest BCUT2D eigenvalue weighted by atomic mass is 9.97. The molecule has 1 aliphatic heterocycles. The van der Waals surface area contributed by atoms with Crippen LogP contribution in [0.5, 0.6) is 0 Å². The molecular formula is C13H21N3O3. The smallest absolute Gasteiger partial charge is 0.326 e. The summed E-state index contributed by atoms with van der Waals surface area (Å²) in [7, 11) is 1.55. The third-order valence-electron chi connectivity index (χ3n) is 3.86. The highest BCUT2D eigenvalue weighted by Gasteiger charge is 2.47. The minimum atomic E-state index is -0.891. The van der Waals surface area contributed by atoms with Crippen molar-refractivity contribution in [2.24, 2.45) is 0 Å². The van der Waals surface area contributed by atoms with E-state index < -0.39 is 11.5 Å². The topological polar surface area (TPSA) is 67.6 Å². The summed E-state index contributed by atoms with van der Waals surface area (Å²) in [6.45, 7) is 4.43. The van der Waals surface area contributed by atoms with Crippen LogP contribution in [-0.4, -0.2) is 51.6 Å². The van der Waals surface area contributed by atoms with Gasteiger partial charge in [-0.1, -0.05) is 0 Å². The summed E-state index contributed by atoms with van der Waals surface area (Å²) in [5.74, 6) is -0.797. The number of nitrogens with zero attached hydrogens (tertiary/aromatic N) is 3. The van der Waals surface area contributed by atoms with Crippen molar-refractivity contribution in [1.29, 1.82) is 0 Å². The molecule has 0 radical (unpaired) electrons. The first-order valence-electron chi connectivity index (χ1n) is 6.62. The molecule has 1 atom stereocenters. The summed E-state index contributed by atoms with van der Waals surface area (Å²) in [5, 5.41) is 13.8. The van der Waals surface area contributed by atoms with E-state index in [1.54, 1.807) is 13.3 Å². The quantitative estimate of drug-likeness (QED) is 0.831. The van der Waals surface area contributed by atoms with Crippen LogP contribution in [0.1, 0.15) is 25.5 Å². The molecule has 1 aromatic heterocycles. The van der Waals surface area contributed by atoms with Crippen molar-refractivity contribution >= 4 is 5.97 Å². The molecule has 6 heteroatoms. The second kappa shape index (κ2) is 5.71. The number of likely N-dealkylation sites (tertiary alicyclic amines) is 1. The number of carboxylic acids is 1. The monoisotopic (exact) mass is 267 g/mol. The van der Waals surface area contributed by atoms with E-state index in [-0.39, 0.29) is 6.61 Å². The fourth-order valence-corrected chi connectivity index (χ4v) is 2.85. The van der Waals surface area contributed by atoms with E-state index in [9.17, 15) is 9.90 Å². The van der Waals surface area contributed by atoms with Crippen LogP contribution in [0.2, 0.25) is 0 Å². The van der Waals surface area contributed by atoms with Crippen LogP contribution in [0.15, 0.2) is 12.3 Å². The van der Waals surface area contributed by atoms with Gasteiger partial charge >= 0.3 is 5.97 Å². The first-order valence-corrected chi connectivity index (χ1v) is 6.62. The third-order valence-corrected chi connectivity index (χ3v) is 3.86. The van der Waals surface area contributed by atoms with E-state index >= 15 is 0 Å². The summed E-state index contributed by atoms with van der Waals surface area (Å²) in [6.07, 6.45) is 3.28. The molecule has 0 aliphatic carbocycles. The maximum absolute atomic E-state index is 11.7. The van der Waals surface area contributed by atoms with Gasteiger partial charge < -0.3 is 9.84 Å². The molecule has 2 heterocycles. The highest BCUT2D eigenvalue weighted by Crippen LogP contribution is 2.31. The van der Waals surface area contributed by atoms with Crippen LogP contribution in [0.4, 0.5) is 0 Å². The van der Waals surface area contributed by atoms with Gasteiger partial charge in [0.15, 0.2) is 0 Å². The number of hydrogen-bond acceptors (Lipinski definition) is 4. The van der Waals surface area contributed by atoms with Gasteiger partial charge in [-0.05, 0) is 32.4 Å². The Bertz CT molecular complexity index is 446. The zero-order chi connectivity index (χ0) is 13.9. The third kappa shape index (κ3) is 2.50. The first-order chi connectivity index (χ1) is 9.14. The molecule has 1 N–H and O–H groups in total. The summed E-state index contributed by atoms with van der Waals surface area (Å²) < 4.78 is 7.05. The normalized spacial score (nSPS) is 23.9. The van der Waals surface area contributed by atoms with Crippen LogP contribution >= 0.6 is 0 Å². The Morgan fingerprint density at radius 3 is 3.05 bits per heavy atom. The lowest BCUT2D eigenvalue weighted by Gasteiger charge is -2.34.